The van der Waals surface area contributed by atoms with Gasteiger partial charge in [-0.05, 0) is 31.0 Å². The molecule has 1 fully saturated rings. The Labute approximate surface area is 101 Å². The number of aliphatic carboxylic acids is 1. The zero-order chi connectivity index (χ0) is 12.3. The summed E-state index contributed by atoms with van der Waals surface area (Å²) in [4.78, 5) is 11.2. The van der Waals surface area contributed by atoms with E-state index in [9.17, 15) is 9.90 Å². The Kier molecular flexibility index (Phi) is 3.29. The third-order valence-corrected chi connectivity index (χ3v) is 3.23. The predicted molar refractivity (Wildman–Crippen MR) is 68.0 cm³/mol. The van der Waals surface area contributed by atoms with Crippen molar-refractivity contribution in [3.8, 4) is 0 Å². The molecule has 17 heavy (non-hydrogen) atoms. The molecule has 1 aliphatic carbocycles. The number of hydrogen-bond acceptors (Lipinski definition) is 2. The second kappa shape index (κ2) is 4.72. The molecule has 0 spiro atoms. The molecule has 0 aliphatic heterocycles. The highest BCUT2D eigenvalue weighted by Crippen LogP contribution is 2.48. The van der Waals surface area contributed by atoms with Crippen LogP contribution in [0.5, 0.6) is 0 Å². The van der Waals surface area contributed by atoms with Crippen LogP contribution in [0.4, 0.5) is 0 Å². The molecule has 1 aliphatic rings. The molecule has 1 aromatic carbocycles. The normalized spacial score (nSPS) is 17.2. The van der Waals surface area contributed by atoms with Crippen molar-refractivity contribution in [1.29, 1.82) is 0 Å². The van der Waals surface area contributed by atoms with E-state index in [1.807, 2.05) is 43.5 Å². The van der Waals surface area contributed by atoms with Gasteiger partial charge in [-0.3, -0.25) is 4.79 Å². The number of nitrogens with one attached hydrogen (secondary N) is 1. The molecule has 0 saturated heterocycles. The molecule has 0 heterocycles. The van der Waals surface area contributed by atoms with Crippen molar-refractivity contribution in [3.05, 3.63) is 41.5 Å². The van der Waals surface area contributed by atoms with Crippen molar-refractivity contribution in [2.45, 2.75) is 18.3 Å². The lowest BCUT2D eigenvalue weighted by molar-refractivity contribution is -0.140. The highest BCUT2D eigenvalue weighted by molar-refractivity contribution is 5.85. The minimum atomic E-state index is -0.700. The van der Waals surface area contributed by atoms with Gasteiger partial charge in [0.2, 0.25) is 0 Å². The summed E-state index contributed by atoms with van der Waals surface area (Å²) in [5, 5.41) is 12.3. The molecule has 3 heteroatoms. The van der Waals surface area contributed by atoms with Crippen LogP contribution in [-0.4, -0.2) is 24.7 Å². The van der Waals surface area contributed by atoms with Gasteiger partial charge in [0, 0.05) is 6.54 Å². The maximum Gasteiger partial charge on any atom is 0.314 e. The fraction of sp³-hybridized carbons (Fsp3) is 0.357. The third kappa shape index (κ3) is 2.39. The first-order valence-electron chi connectivity index (χ1n) is 5.84. The van der Waals surface area contributed by atoms with Crippen molar-refractivity contribution in [2.75, 3.05) is 13.6 Å². The molecule has 0 bridgehead atoms. The van der Waals surface area contributed by atoms with Crippen LogP contribution >= 0.6 is 0 Å². The maximum absolute atomic E-state index is 11.2. The summed E-state index contributed by atoms with van der Waals surface area (Å²) in [5.41, 5.74) is 1.38. The third-order valence-electron chi connectivity index (χ3n) is 3.23. The van der Waals surface area contributed by atoms with Gasteiger partial charge in [0.15, 0.2) is 0 Å². The zero-order valence-electron chi connectivity index (χ0n) is 9.94. The molecule has 1 saturated carbocycles. The van der Waals surface area contributed by atoms with Crippen molar-refractivity contribution in [2.24, 2.45) is 0 Å². The molecule has 0 atom stereocenters. The fourth-order valence-electron chi connectivity index (χ4n) is 2.00. The molecular formula is C14H17NO2. The summed E-state index contributed by atoms with van der Waals surface area (Å²) in [6.45, 7) is 0.814. The first-order chi connectivity index (χ1) is 8.19. The first-order valence-corrected chi connectivity index (χ1v) is 5.84. The predicted octanol–water partition coefficient (Wildman–Crippen LogP) is 2.04. The van der Waals surface area contributed by atoms with Gasteiger partial charge in [-0.2, -0.15) is 0 Å². The fourth-order valence-corrected chi connectivity index (χ4v) is 2.00. The van der Waals surface area contributed by atoms with Gasteiger partial charge >= 0.3 is 5.97 Å². The van der Waals surface area contributed by atoms with Crippen molar-refractivity contribution >= 4 is 12.0 Å². The number of rotatable bonds is 5. The van der Waals surface area contributed by atoms with Crippen molar-refractivity contribution in [3.63, 3.8) is 0 Å². The quantitative estimate of drug-likeness (QED) is 0.815. The molecular weight excluding hydrogens is 214 g/mol. The summed E-state index contributed by atoms with van der Waals surface area (Å²) >= 11 is 0. The van der Waals surface area contributed by atoms with Crippen LogP contribution in [0.25, 0.3) is 6.08 Å². The molecule has 2 rings (SSSR count). The summed E-state index contributed by atoms with van der Waals surface area (Å²) in [6.07, 6.45) is 5.55. The minimum absolute atomic E-state index is 0.604. The van der Waals surface area contributed by atoms with Crippen LogP contribution in [0.15, 0.2) is 30.3 Å². The Hall–Kier alpha value is -1.61. The molecule has 0 aromatic heterocycles. The summed E-state index contributed by atoms with van der Waals surface area (Å²) < 4.78 is 0. The Morgan fingerprint density at radius 2 is 2.29 bits per heavy atom. The van der Waals surface area contributed by atoms with E-state index < -0.39 is 11.4 Å². The Balaban J connectivity index is 2.20. The molecule has 2 N–H and O–H groups in total. The number of benzene rings is 1. The maximum atomic E-state index is 11.2. The van der Waals surface area contributed by atoms with Gasteiger partial charge in [-0.25, -0.2) is 0 Å². The molecule has 1 aromatic rings. The Bertz CT molecular complexity index is 447. The minimum Gasteiger partial charge on any atom is -0.481 e. The number of carbonyl (C=O) groups is 1. The second-order valence-electron chi connectivity index (χ2n) is 4.47. The molecule has 0 radical (unpaired) electrons. The lowest BCUT2D eigenvalue weighted by Gasteiger charge is -2.10. The number of carboxylic acids is 1. The molecule has 0 unspecified atom stereocenters. The van der Waals surface area contributed by atoms with Crippen LogP contribution in [-0.2, 0) is 10.2 Å². The van der Waals surface area contributed by atoms with Crippen LogP contribution in [0.1, 0.15) is 24.0 Å². The average molecular weight is 231 g/mol. The molecule has 0 amide bonds. The van der Waals surface area contributed by atoms with Crippen molar-refractivity contribution in [1.82, 2.24) is 5.32 Å². The number of carboxylic acid groups (broad SMARTS) is 1. The zero-order valence-corrected chi connectivity index (χ0v) is 9.94. The SMILES string of the molecule is CNCC=Cc1cccc(C2(C(=O)O)CC2)c1. The van der Waals surface area contributed by atoms with Gasteiger partial charge in [-0.15, -0.1) is 0 Å². The van der Waals surface area contributed by atoms with Gasteiger partial charge < -0.3 is 10.4 Å². The van der Waals surface area contributed by atoms with E-state index in [1.165, 1.54) is 0 Å². The van der Waals surface area contributed by atoms with E-state index in [0.29, 0.717) is 0 Å². The monoisotopic (exact) mass is 231 g/mol. The van der Waals surface area contributed by atoms with Crippen LogP contribution in [0, 0.1) is 0 Å². The summed E-state index contributed by atoms with van der Waals surface area (Å²) in [5.74, 6) is -0.700. The highest BCUT2D eigenvalue weighted by atomic mass is 16.4. The van der Waals surface area contributed by atoms with E-state index in [2.05, 4.69) is 5.32 Å². The Morgan fingerprint density at radius 1 is 1.53 bits per heavy atom. The van der Waals surface area contributed by atoms with Crippen LogP contribution in [0.2, 0.25) is 0 Å². The smallest absolute Gasteiger partial charge is 0.314 e. The largest absolute Gasteiger partial charge is 0.481 e. The van der Waals surface area contributed by atoms with E-state index in [1.54, 1.807) is 0 Å². The lowest BCUT2D eigenvalue weighted by atomic mass is 9.94. The van der Waals surface area contributed by atoms with Crippen molar-refractivity contribution < 1.29 is 9.90 Å². The summed E-state index contributed by atoms with van der Waals surface area (Å²) in [7, 11) is 1.89. The molecule has 90 valence electrons. The van der Waals surface area contributed by atoms with Gasteiger partial charge in [0.05, 0.1) is 5.41 Å². The second-order valence-corrected chi connectivity index (χ2v) is 4.47. The van der Waals surface area contributed by atoms with E-state index in [-0.39, 0.29) is 0 Å². The van der Waals surface area contributed by atoms with Gasteiger partial charge in [0.25, 0.3) is 0 Å². The van der Waals surface area contributed by atoms with Crippen LogP contribution < -0.4 is 5.32 Å². The van der Waals surface area contributed by atoms with E-state index >= 15 is 0 Å². The lowest BCUT2D eigenvalue weighted by Crippen LogP contribution is -2.19. The van der Waals surface area contributed by atoms with Gasteiger partial charge in [0.1, 0.15) is 0 Å². The number of likely N-dealkylation sites (N-methyl/N-ethyl adjacent to an activating group) is 1. The Morgan fingerprint density at radius 3 is 2.88 bits per heavy atom. The summed E-state index contributed by atoms with van der Waals surface area (Å²) in [6, 6.07) is 7.81. The molecule has 3 nitrogen and oxygen atoms in total. The first kappa shape index (κ1) is 11.9. The highest BCUT2D eigenvalue weighted by Gasteiger charge is 2.51. The van der Waals surface area contributed by atoms with E-state index in [0.717, 1.165) is 30.5 Å². The number of hydrogen-bond donors (Lipinski definition) is 2. The standard InChI is InChI=1S/C14H17NO2/c1-15-9-3-5-11-4-2-6-12(10-11)14(7-8-14)13(16)17/h2-6,10,15H,7-9H2,1H3,(H,16,17). The van der Waals surface area contributed by atoms with Crippen LogP contribution in [0.3, 0.4) is 0 Å². The topological polar surface area (TPSA) is 49.3 Å². The van der Waals surface area contributed by atoms with E-state index in [4.69, 9.17) is 0 Å². The van der Waals surface area contributed by atoms with Gasteiger partial charge in [-0.1, -0.05) is 36.4 Å². The average Bonchev–Trinajstić information content (AvgIpc) is 3.11.